The van der Waals surface area contributed by atoms with E-state index in [0.717, 1.165) is 22.4 Å². The van der Waals surface area contributed by atoms with Crippen LogP contribution in [-0.4, -0.2) is 13.1 Å². The molecule has 0 saturated heterocycles. The van der Waals surface area contributed by atoms with Crippen LogP contribution >= 0.6 is 0 Å². The number of urea groups is 1. The van der Waals surface area contributed by atoms with Gasteiger partial charge in [-0.2, -0.15) is 0 Å². The summed E-state index contributed by atoms with van der Waals surface area (Å²) < 4.78 is 5.25. The first-order valence-electron chi connectivity index (χ1n) is 6.80. The van der Waals surface area contributed by atoms with Crippen LogP contribution in [0.5, 0.6) is 5.75 Å². The fourth-order valence-corrected chi connectivity index (χ4v) is 2.08. The molecule has 4 nitrogen and oxygen atoms in total. The fraction of sp³-hybridized carbons (Fsp3) is 0.235. The Labute approximate surface area is 125 Å². The Balaban J connectivity index is 2.15. The van der Waals surface area contributed by atoms with Gasteiger partial charge in [-0.15, -0.1) is 0 Å². The average Bonchev–Trinajstić information content (AvgIpc) is 2.44. The highest BCUT2D eigenvalue weighted by Crippen LogP contribution is 2.25. The van der Waals surface area contributed by atoms with Gasteiger partial charge in [0.1, 0.15) is 5.75 Å². The van der Waals surface area contributed by atoms with Gasteiger partial charge in [0.05, 0.1) is 12.8 Å². The monoisotopic (exact) mass is 284 g/mol. The van der Waals surface area contributed by atoms with E-state index in [2.05, 4.69) is 10.6 Å². The van der Waals surface area contributed by atoms with Crippen LogP contribution in [0.1, 0.15) is 16.7 Å². The lowest BCUT2D eigenvalue weighted by molar-refractivity contribution is 0.262. The van der Waals surface area contributed by atoms with Crippen molar-refractivity contribution in [3.8, 4) is 5.75 Å². The molecule has 0 heterocycles. The maximum atomic E-state index is 12.1. The molecule has 21 heavy (non-hydrogen) atoms. The highest BCUT2D eigenvalue weighted by molar-refractivity contribution is 6.01. The number of hydrogen-bond donors (Lipinski definition) is 2. The molecular formula is C17H20N2O2. The first-order chi connectivity index (χ1) is 10.0. The average molecular weight is 284 g/mol. The smallest absolute Gasteiger partial charge is 0.323 e. The molecule has 0 aliphatic rings. The predicted octanol–water partition coefficient (Wildman–Crippen LogP) is 4.26. The molecule has 0 unspecified atom stereocenters. The van der Waals surface area contributed by atoms with Gasteiger partial charge >= 0.3 is 6.03 Å². The van der Waals surface area contributed by atoms with Crippen LogP contribution in [0.2, 0.25) is 0 Å². The van der Waals surface area contributed by atoms with Crippen LogP contribution < -0.4 is 15.4 Å². The maximum absolute atomic E-state index is 12.1. The summed E-state index contributed by atoms with van der Waals surface area (Å²) in [6.07, 6.45) is 0. The SMILES string of the molecule is COc1ccc(C)cc1NC(=O)Nc1cccc(C)c1C. The number of benzene rings is 2. The van der Waals surface area contributed by atoms with Crippen LogP contribution in [-0.2, 0) is 0 Å². The number of carbonyl (C=O) groups is 1. The second-order valence-electron chi connectivity index (χ2n) is 5.03. The van der Waals surface area contributed by atoms with Crippen molar-refractivity contribution in [2.24, 2.45) is 0 Å². The first-order valence-corrected chi connectivity index (χ1v) is 6.80. The number of hydrogen-bond acceptors (Lipinski definition) is 2. The lowest BCUT2D eigenvalue weighted by Crippen LogP contribution is -2.20. The molecule has 2 aromatic rings. The molecule has 2 N–H and O–H groups in total. The molecule has 0 saturated carbocycles. The minimum absolute atomic E-state index is 0.285. The number of anilines is 2. The van der Waals surface area contributed by atoms with E-state index < -0.39 is 0 Å². The molecule has 0 radical (unpaired) electrons. The van der Waals surface area contributed by atoms with Crippen molar-refractivity contribution in [1.29, 1.82) is 0 Å². The van der Waals surface area contributed by atoms with E-state index >= 15 is 0 Å². The second kappa shape index (κ2) is 6.31. The van der Waals surface area contributed by atoms with Crippen molar-refractivity contribution >= 4 is 17.4 Å². The van der Waals surface area contributed by atoms with Crippen LogP contribution in [0.3, 0.4) is 0 Å². The number of amides is 2. The Bertz CT molecular complexity index is 666. The summed E-state index contributed by atoms with van der Waals surface area (Å²) >= 11 is 0. The van der Waals surface area contributed by atoms with Gasteiger partial charge in [0.2, 0.25) is 0 Å². The van der Waals surface area contributed by atoms with Crippen LogP contribution in [0.25, 0.3) is 0 Å². The van der Waals surface area contributed by atoms with Crippen LogP contribution in [0, 0.1) is 20.8 Å². The second-order valence-corrected chi connectivity index (χ2v) is 5.03. The lowest BCUT2D eigenvalue weighted by atomic mass is 10.1. The lowest BCUT2D eigenvalue weighted by Gasteiger charge is -2.13. The molecule has 2 aromatic carbocycles. The van der Waals surface area contributed by atoms with E-state index in [9.17, 15) is 4.79 Å². The third-order valence-electron chi connectivity index (χ3n) is 3.46. The topological polar surface area (TPSA) is 50.4 Å². The zero-order valence-corrected chi connectivity index (χ0v) is 12.8. The van der Waals surface area contributed by atoms with E-state index in [1.54, 1.807) is 7.11 Å². The van der Waals surface area contributed by atoms with Crippen molar-refractivity contribution < 1.29 is 9.53 Å². The van der Waals surface area contributed by atoms with Gasteiger partial charge in [0.25, 0.3) is 0 Å². The number of ether oxygens (including phenoxy) is 1. The van der Waals surface area contributed by atoms with Crippen molar-refractivity contribution in [2.45, 2.75) is 20.8 Å². The largest absolute Gasteiger partial charge is 0.495 e. The molecule has 2 rings (SSSR count). The normalized spacial score (nSPS) is 10.1. The maximum Gasteiger partial charge on any atom is 0.323 e. The molecule has 2 amide bonds. The summed E-state index contributed by atoms with van der Waals surface area (Å²) in [7, 11) is 1.58. The third kappa shape index (κ3) is 3.54. The zero-order chi connectivity index (χ0) is 15.4. The van der Waals surface area contributed by atoms with E-state index in [1.807, 2.05) is 57.2 Å². The van der Waals surface area contributed by atoms with Gasteiger partial charge in [-0.1, -0.05) is 18.2 Å². The molecule has 0 fully saturated rings. The Morgan fingerprint density at radius 2 is 1.71 bits per heavy atom. The van der Waals surface area contributed by atoms with Crippen LogP contribution in [0.15, 0.2) is 36.4 Å². The standard InChI is InChI=1S/C17H20N2O2/c1-11-8-9-16(21-4)15(10-11)19-17(20)18-14-7-5-6-12(2)13(14)3/h5-10H,1-4H3,(H2,18,19,20). The number of carbonyl (C=O) groups excluding carboxylic acids is 1. The van der Waals surface area contributed by atoms with Crippen molar-refractivity contribution in [1.82, 2.24) is 0 Å². The van der Waals surface area contributed by atoms with Gasteiger partial charge in [-0.25, -0.2) is 4.79 Å². The van der Waals surface area contributed by atoms with Gasteiger partial charge in [0, 0.05) is 5.69 Å². The van der Waals surface area contributed by atoms with Gasteiger partial charge < -0.3 is 15.4 Å². The van der Waals surface area contributed by atoms with Gasteiger partial charge in [-0.3, -0.25) is 0 Å². The van der Waals surface area contributed by atoms with E-state index in [1.165, 1.54) is 0 Å². The summed E-state index contributed by atoms with van der Waals surface area (Å²) in [6, 6.07) is 11.2. The molecule has 110 valence electrons. The molecule has 0 aliphatic carbocycles. The zero-order valence-electron chi connectivity index (χ0n) is 12.8. The highest BCUT2D eigenvalue weighted by Gasteiger charge is 2.09. The molecule has 0 bridgehead atoms. The number of aryl methyl sites for hydroxylation is 2. The summed E-state index contributed by atoms with van der Waals surface area (Å²) in [5.41, 5.74) is 4.71. The Kier molecular flexibility index (Phi) is 4.48. The van der Waals surface area contributed by atoms with E-state index in [-0.39, 0.29) is 6.03 Å². The van der Waals surface area contributed by atoms with Gasteiger partial charge in [-0.05, 0) is 55.7 Å². The molecule has 0 aromatic heterocycles. The number of rotatable bonds is 3. The molecule has 0 spiro atoms. The minimum atomic E-state index is -0.285. The quantitative estimate of drug-likeness (QED) is 0.884. The van der Waals surface area contributed by atoms with E-state index in [4.69, 9.17) is 4.74 Å². The van der Waals surface area contributed by atoms with E-state index in [0.29, 0.717) is 11.4 Å². The summed E-state index contributed by atoms with van der Waals surface area (Å²) in [4.78, 5) is 12.1. The number of nitrogens with one attached hydrogen (secondary N) is 2. The molecular weight excluding hydrogens is 264 g/mol. The molecule has 0 aliphatic heterocycles. The fourth-order valence-electron chi connectivity index (χ4n) is 2.08. The Morgan fingerprint density at radius 3 is 2.43 bits per heavy atom. The third-order valence-corrected chi connectivity index (χ3v) is 3.46. The minimum Gasteiger partial charge on any atom is -0.495 e. The Morgan fingerprint density at radius 1 is 1.00 bits per heavy atom. The molecule has 4 heteroatoms. The van der Waals surface area contributed by atoms with Crippen LogP contribution in [0.4, 0.5) is 16.2 Å². The molecule has 0 atom stereocenters. The van der Waals surface area contributed by atoms with Crippen molar-refractivity contribution in [2.75, 3.05) is 17.7 Å². The summed E-state index contributed by atoms with van der Waals surface area (Å²) in [6.45, 7) is 5.97. The van der Waals surface area contributed by atoms with Crippen molar-refractivity contribution in [3.63, 3.8) is 0 Å². The van der Waals surface area contributed by atoms with Gasteiger partial charge in [0.15, 0.2) is 0 Å². The number of methoxy groups -OCH3 is 1. The Hall–Kier alpha value is -2.49. The van der Waals surface area contributed by atoms with Crippen molar-refractivity contribution in [3.05, 3.63) is 53.1 Å². The summed E-state index contributed by atoms with van der Waals surface area (Å²) in [5.74, 6) is 0.636. The predicted molar refractivity (Wildman–Crippen MR) is 86.3 cm³/mol. The first kappa shape index (κ1) is 14.9. The summed E-state index contributed by atoms with van der Waals surface area (Å²) in [5, 5.41) is 5.69. The highest BCUT2D eigenvalue weighted by atomic mass is 16.5.